The average molecular weight is 282 g/mol. The first kappa shape index (κ1) is 14.1. The number of pyridine rings is 1. The lowest BCUT2D eigenvalue weighted by Gasteiger charge is -2.21. The van der Waals surface area contributed by atoms with Crippen molar-refractivity contribution >= 4 is 0 Å². The number of nitrogens with one attached hydrogen (secondary N) is 1. The van der Waals surface area contributed by atoms with Crippen LogP contribution in [0.5, 0.6) is 5.75 Å². The zero-order valence-electron chi connectivity index (χ0n) is 12.5. The van der Waals surface area contributed by atoms with Crippen molar-refractivity contribution in [3.8, 4) is 5.75 Å². The maximum Gasteiger partial charge on any atom is 0.127 e. The Kier molecular flexibility index (Phi) is 4.51. The zero-order chi connectivity index (χ0) is 14.5. The summed E-state index contributed by atoms with van der Waals surface area (Å²) in [6.07, 6.45) is 4.89. The van der Waals surface area contributed by atoms with E-state index in [0.717, 1.165) is 43.9 Å². The average Bonchev–Trinajstić information content (AvgIpc) is 3.01. The Balaban J connectivity index is 1.87. The first-order chi connectivity index (χ1) is 10.4. The highest BCUT2D eigenvalue weighted by Gasteiger charge is 2.22. The van der Waals surface area contributed by atoms with E-state index in [1.807, 2.05) is 18.3 Å². The minimum absolute atomic E-state index is 0.257. The Bertz CT molecular complexity index is 583. The van der Waals surface area contributed by atoms with E-state index in [1.165, 1.54) is 11.1 Å². The van der Waals surface area contributed by atoms with Crippen molar-refractivity contribution < 1.29 is 4.74 Å². The van der Waals surface area contributed by atoms with E-state index in [2.05, 4.69) is 41.5 Å². The molecule has 1 aliphatic heterocycles. The van der Waals surface area contributed by atoms with Gasteiger partial charge >= 0.3 is 0 Å². The summed E-state index contributed by atoms with van der Waals surface area (Å²) in [5.41, 5.74) is 3.71. The number of nitrogens with zero attached hydrogens (tertiary/aromatic N) is 1. The van der Waals surface area contributed by atoms with Crippen molar-refractivity contribution in [2.24, 2.45) is 0 Å². The number of aromatic nitrogens is 1. The normalized spacial score (nSPS) is 14.5. The van der Waals surface area contributed by atoms with Gasteiger partial charge in [0.1, 0.15) is 5.75 Å². The highest BCUT2D eigenvalue weighted by molar-refractivity contribution is 5.46. The van der Waals surface area contributed by atoms with Gasteiger partial charge in [-0.2, -0.15) is 0 Å². The highest BCUT2D eigenvalue weighted by Crippen LogP contribution is 2.34. The van der Waals surface area contributed by atoms with Crippen molar-refractivity contribution in [3.05, 3.63) is 59.4 Å². The fourth-order valence-corrected chi connectivity index (χ4v) is 2.85. The van der Waals surface area contributed by atoms with Crippen molar-refractivity contribution in [3.63, 3.8) is 0 Å². The molecule has 0 saturated carbocycles. The van der Waals surface area contributed by atoms with Crippen LogP contribution in [0.3, 0.4) is 0 Å². The molecule has 1 aliphatic rings. The molecule has 3 rings (SSSR count). The molecule has 2 aromatic rings. The molecule has 0 spiro atoms. The maximum atomic E-state index is 5.87. The van der Waals surface area contributed by atoms with Crippen LogP contribution in [0.2, 0.25) is 0 Å². The lowest BCUT2D eigenvalue weighted by molar-refractivity contribution is 0.347. The smallest absolute Gasteiger partial charge is 0.127 e. The molecule has 0 amide bonds. The van der Waals surface area contributed by atoms with E-state index in [9.17, 15) is 0 Å². The molecular formula is C18H22N2O. The molecule has 1 unspecified atom stereocenters. The van der Waals surface area contributed by atoms with E-state index in [4.69, 9.17) is 4.74 Å². The van der Waals surface area contributed by atoms with Crippen molar-refractivity contribution in [1.29, 1.82) is 0 Å². The molecule has 110 valence electrons. The van der Waals surface area contributed by atoms with Crippen molar-refractivity contribution in [2.75, 3.05) is 13.2 Å². The zero-order valence-corrected chi connectivity index (χ0v) is 12.5. The van der Waals surface area contributed by atoms with Gasteiger partial charge < -0.3 is 10.1 Å². The summed E-state index contributed by atoms with van der Waals surface area (Å²) in [5.74, 6) is 1.09. The van der Waals surface area contributed by atoms with Crippen molar-refractivity contribution in [1.82, 2.24) is 10.3 Å². The van der Waals surface area contributed by atoms with Crippen LogP contribution in [-0.4, -0.2) is 18.1 Å². The lowest BCUT2D eigenvalue weighted by atomic mass is 9.98. The number of para-hydroxylation sites is 1. The van der Waals surface area contributed by atoms with E-state index < -0.39 is 0 Å². The molecule has 1 N–H and O–H groups in total. The molecule has 0 fully saturated rings. The summed E-state index contributed by atoms with van der Waals surface area (Å²) in [6.45, 7) is 3.99. The Morgan fingerprint density at radius 3 is 3.00 bits per heavy atom. The second-order valence-electron chi connectivity index (χ2n) is 5.47. The molecule has 3 nitrogen and oxygen atoms in total. The van der Waals surface area contributed by atoms with E-state index in [0.29, 0.717) is 0 Å². The lowest BCUT2D eigenvalue weighted by Crippen LogP contribution is -2.24. The summed E-state index contributed by atoms with van der Waals surface area (Å²) in [6, 6.07) is 12.8. The summed E-state index contributed by atoms with van der Waals surface area (Å²) in [4.78, 5) is 4.46. The van der Waals surface area contributed by atoms with Crippen LogP contribution in [0.4, 0.5) is 0 Å². The Labute approximate surface area is 126 Å². The minimum atomic E-state index is 0.257. The number of ether oxygens (including phenoxy) is 1. The van der Waals surface area contributed by atoms with Crippen LogP contribution in [-0.2, 0) is 12.8 Å². The maximum absolute atomic E-state index is 5.87. The first-order valence-corrected chi connectivity index (χ1v) is 7.76. The van der Waals surface area contributed by atoms with Gasteiger partial charge in [0.25, 0.3) is 0 Å². The SMILES string of the molecule is CCCNC(Cc1ccccn1)c1cccc2c1OCC2. The fraction of sp³-hybridized carbons (Fsp3) is 0.389. The standard InChI is InChI=1S/C18H22N2O/c1-2-10-20-17(13-15-7-3-4-11-19-15)16-8-5-6-14-9-12-21-18(14)16/h3-8,11,17,20H,2,9-10,12-13H2,1H3. The first-order valence-electron chi connectivity index (χ1n) is 7.76. The van der Waals surface area contributed by atoms with Crippen LogP contribution in [0.15, 0.2) is 42.6 Å². The molecule has 0 bridgehead atoms. The molecule has 2 heterocycles. The molecule has 0 radical (unpaired) electrons. The second kappa shape index (κ2) is 6.72. The van der Waals surface area contributed by atoms with Crippen LogP contribution < -0.4 is 10.1 Å². The largest absolute Gasteiger partial charge is 0.493 e. The number of fused-ring (bicyclic) bond motifs is 1. The predicted molar refractivity (Wildman–Crippen MR) is 84.6 cm³/mol. The molecule has 1 aromatic heterocycles. The highest BCUT2D eigenvalue weighted by atomic mass is 16.5. The van der Waals surface area contributed by atoms with E-state index >= 15 is 0 Å². The molecule has 0 aliphatic carbocycles. The molecule has 0 saturated heterocycles. The van der Waals surface area contributed by atoms with Gasteiger partial charge in [0.05, 0.1) is 6.61 Å². The Hall–Kier alpha value is -1.87. The Morgan fingerprint density at radius 2 is 2.19 bits per heavy atom. The quantitative estimate of drug-likeness (QED) is 0.882. The van der Waals surface area contributed by atoms with Crippen LogP contribution in [0.25, 0.3) is 0 Å². The van der Waals surface area contributed by atoms with Gasteiger partial charge in [0.2, 0.25) is 0 Å². The summed E-state index contributed by atoms with van der Waals surface area (Å²) >= 11 is 0. The second-order valence-corrected chi connectivity index (χ2v) is 5.47. The third-order valence-corrected chi connectivity index (χ3v) is 3.90. The molecule has 1 atom stereocenters. The summed E-state index contributed by atoms with van der Waals surface area (Å²) < 4.78 is 5.87. The van der Waals surface area contributed by atoms with Gasteiger partial charge in [0.15, 0.2) is 0 Å². The van der Waals surface area contributed by atoms with Gasteiger partial charge in [-0.15, -0.1) is 0 Å². The monoisotopic (exact) mass is 282 g/mol. The van der Waals surface area contributed by atoms with Crippen LogP contribution in [0, 0.1) is 0 Å². The van der Waals surface area contributed by atoms with E-state index in [-0.39, 0.29) is 6.04 Å². The number of hydrogen-bond acceptors (Lipinski definition) is 3. The van der Waals surface area contributed by atoms with Gasteiger partial charge in [-0.05, 0) is 30.7 Å². The number of benzene rings is 1. The fourth-order valence-electron chi connectivity index (χ4n) is 2.85. The summed E-state index contributed by atoms with van der Waals surface area (Å²) in [7, 11) is 0. The number of rotatable bonds is 6. The minimum Gasteiger partial charge on any atom is -0.493 e. The third kappa shape index (κ3) is 3.24. The molecule has 21 heavy (non-hydrogen) atoms. The predicted octanol–water partition coefficient (Wildman–Crippen LogP) is 3.30. The topological polar surface area (TPSA) is 34.2 Å². The van der Waals surface area contributed by atoms with Gasteiger partial charge in [0, 0.05) is 36.3 Å². The van der Waals surface area contributed by atoms with Crippen LogP contribution in [0.1, 0.15) is 36.2 Å². The van der Waals surface area contributed by atoms with Gasteiger partial charge in [-0.25, -0.2) is 0 Å². The third-order valence-electron chi connectivity index (χ3n) is 3.90. The summed E-state index contributed by atoms with van der Waals surface area (Å²) in [5, 5.41) is 3.64. The number of hydrogen-bond donors (Lipinski definition) is 1. The molecule has 1 aromatic carbocycles. The van der Waals surface area contributed by atoms with Gasteiger partial charge in [-0.1, -0.05) is 31.2 Å². The van der Waals surface area contributed by atoms with E-state index in [1.54, 1.807) is 0 Å². The Morgan fingerprint density at radius 1 is 1.24 bits per heavy atom. The van der Waals surface area contributed by atoms with Gasteiger partial charge in [-0.3, -0.25) is 4.98 Å². The van der Waals surface area contributed by atoms with Crippen LogP contribution >= 0.6 is 0 Å². The molecular weight excluding hydrogens is 260 g/mol. The molecule has 3 heteroatoms. The van der Waals surface area contributed by atoms with Crippen molar-refractivity contribution in [2.45, 2.75) is 32.2 Å².